The fourth-order valence-electron chi connectivity index (χ4n) is 1.37. The second kappa shape index (κ2) is 9.02. The van der Waals surface area contributed by atoms with E-state index in [1.54, 1.807) is 25.1 Å². The molecule has 0 saturated carbocycles. The minimum Gasteiger partial charge on any atom is -0.479 e. The highest BCUT2D eigenvalue weighted by Gasteiger charge is 2.15. The molecule has 0 spiro atoms. The van der Waals surface area contributed by atoms with Gasteiger partial charge in [0, 0.05) is 11.6 Å². The molecular weight excluding hydrogens is 305 g/mol. The van der Waals surface area contributed by atoms with Crippen LogP contribution in [0, 0.1) is 0 Å². The van der Waals surface area contributed by atoms with E-state index in [2.05, 4.69) is 5.32 Å². The lowest BCUT2D eigenvalue weighted by Gasteiger charge is -2.15. The summed E-state index contributed by atoms with van der Waals surface area (Å²) in [7, 11) is 0. The molecule has 5 nitrogen and oxygen atoms in total. The molecule has 7 heteroatoms. The van der Waals surface area contributed by atoms with Crippen LogP contribution in [0.5, 0.6) is 5.75 Å². The number of rotatable bonds is 8. The predicted molar refractivity (Wildman–Crippen MR) is 77.5 cm³/mol. The Morgan fingerprint density at radius 2 is 2.15 bits per heavy atom. The van der Waals surface area contributed by atoms with Gasteiger partial charge in [-0.05, 0) is 25.1 Å². The van der Waals surface area contributed by atoms with Crippen molar-refractivity contribution in [3.8, 4) is 5.75 Å². The summed E-state index contributed by atoms with van der Waals surface area (Å²) in [5.74, 6) is 0.124. The third-order valence-electron chi connectivity index (χ3n) is 2.35. The number of aliphatic hydroxyl groups is 1. The summed E-state index contributed by atoms with van der Waals surface area (Å²) in [5, 5.41) is 12.0. The maximum absolute atomic E-state index is 11.7. The molecule has 0 saturated heterocycles. The van der Waals surface area contributed by atoms with Gasteiger partial charge in [0.05, 0.1) is 24.8 Å². The van der Waals surface area contributed by atoms with Crippen molar-refractivity contribution in [2.75, 3.05) is 26.4 Å². The number of halogens is 2. The second-order valence-corrected chi connectivity index (χ2v) is 4.81. The van der Waals surface area contributed by atoms with Crippen LogP contribution >= 0.6 is 23.2 Å². The van der Waals surface area contributed by atoms with Crippen molar-refractivity contribution < 1.29 is 19.4 Å². The van der Waals surface area contributed by atoms with Crippen molar-refractivity contribution in [3.05, 3.63) is 28.2 Å². The van der Waals surface area contributed by atoms with Gasteiger partial charge in [0.2, 0.25) is 0 Å². The van der Waals surface area contributed by atoms with Crippen molar-refractivity contribution in [1.82, 2.24) is 5.32 Å². The molecule has 0 aliphatic carbocycles. The predicted octanol–water partition coefficient (Wildman–Crippen LogP) is 1.89. The largest absolute Gasteiger partial charge is 0.479 e. The molecule has 1 amide bonds. The number of carbonyl (C=O) groups excluding carboxylic acids is 1. The van der Waals surface area contributed by atoms with Crippen LogP contribution in [-0.4, -0.2) is 43.5 Å². The van der Waals surface area contributed by atoms with Gasteiger partial charge in [-0.3, -0.25) is 4.79 Å². The first-order valence-corrected chi connectivity index (χ1v) is 6.88. The quantitative estimate of drug-likeness (QED) is 0.717. The highest BCUT2D eigenvalue weighted by molar-refractivity contribution is 6.35. The fraction of sp³-hybridized carbons (Fsp3) is 0.462. The molecule has 0 heterocycles. The van der Waals surface area contributed by atoms with E-state index in [1.165, 1.54) is 0 Å². The number of benzene rings is 1. The van der Waals surface area contributed by atoms with Gasteiger partial charge in [-0.1, -0.05) is 23.2 Å². The molecule has 1 rings (SSSR count). The van der Waals surface area contributed by atoms with E-state index >= 15 is 0 Å². The summed E-state index contributed by atoms with van der Waals surface area (Å²) in [6.45, 7) is 2.52. The van der Waals surface area contributed by atoms with Gasteiger partial charge in [-0.25, -0.2) is 0 Å². The molecule has 2 N–H and O–H groups in total. The zero-order valence-corrected chi connectivity index (χ0v) is 12.6. The minimum atomic E-state index is -0.688. The van der Waals surface area contributed by atoms with E-state index in [0.717, 1.165) is 0 Å². The Balaban J connectivity index is 2.37. The molecule has 0 aliphatic rings. The van der Waals surface area contributed by atoms with Crippen molar-refractivity contribution >= 4 is 29.1 Å². The average Bonchev–Trinajstić information content (AvgIpc) is 2.41. The Kier molecular flexibility index (Phi) is 7.69. The maximum Gasteiger partial charge on any atom is 0.260 e. The Bertz CT molecular complexity index is 442. The molecule has 1 unspecified atom stereocenters. The van der Waals surface area contributed by atoms with Gasteiger partial charge < -0.3 is 19.9 Å². The molecule has 1 aromatic rings. The van der Waals surface area contributed by atoms with Crippen LogP contribution in [0.4, 0.5) is 0 Å². The number of nitrogens with one attached hydrogen (secondary N) is 1. The van der Waals surface area contributed by atoms with Crippen molar-refractivity contribution in [2.45, 2.75) is 13.0 Å². The Labute approximate surface area is 127 Å². The SMILES string of the molecule is CC(Oc1ccc(Cl)cc1Cl)C(=O)NCCOCCO. The van der Waals surface area contributed by atoms with Crippen LogP contribution in [0.15, 0.2) is 18.2 Å². The minimum absolute atomic E-state index is 0.0392. The molecular formula is C13H17Cl2NO4. The molecule has 1 aromatic carbocycles. The Morgan fingerprint density at radius 3 is 2.80 bits per heavy atom. The highest BCUT2D eigenvalue weighted by Crippen LogP contribution is 2.28. The zero-order chi connectivity index (χ0) is 15.0. The van der Waals surface area contributed by atoms with Crippen molar-refractivity contribution in [1.29, 1.82) is 0 Å². The van der Waals surface area contributed by atoms with E-state index < -0.39 is 6.10 Å². The Morgan fingerprint density at radius 1 is 1.40 bits per heavy atom. The van der Waals surface area contributed by atoms with E-state index in [4.69, 9.17) is 37.8 Å². The summed E-state index contributed by atoms with van der Waals surface area (Å²) < 4.78 is 10.5. The van der Waals surface area contributed by atoms with E-state index in [9.17, 15) is 4.79 Å². The van der Waals surface area contributed by atoms with Gasteiger partial charge in [0.25, 0.3) is 5.91 Å². The molecule has 20 heavy (non-hydrogen) atoms. The summed E-state index contributed by atoms with van der Waals surface area (Å²) in [6.07, 6.45) is -0.688. The van der Waals surface area contributed by atoms with Crippen LogP contribution in [0.25, 0.3) is 0 Å². The van der Waals surface area contributed by atoms with Gasteiger partial charge in [0.15, 0.2) is 6.10 Å². The lowest BCUT2D eigenvalue weighted by Crippen LogP contribution is -2.38. The number of carbonyl (C=O) groups is 1. The lowest BCUT2D eigenvalue weighted by atomic mass is 10.3. The number of hydrogen-bond donors (Lipinski definition) is 2. The summed E-state index contributed by atoms with van der Waals surface area (Å²) >= 11 is 11.7. The first-order valence-electron chi connectivity index (χ1n) is 6.12. The molecule has 0 radical (unpaired) electrons. The monoisotopic (exact) mass is 321 g/mol. The normalized spacial score (nSPS) is 12.0. The van der Waals surface area contributed by atoms with Crippen molar-refractivity contribution in [2.24, 2.45) is 0 Å². The van der Waals surface area contributed by atoms with Crippen molar-refractivity contribution in [3.63, 3.8) is 0 Å². The maximum atomic E-state index is 11.7. The van der Waals surface area contributed by atoms with Crippen LogP contribution in [-0.2, 0) is 9.53 Å². The lowest BCUT2D eigenvalue weighted by molar-refractivity contribution is -0.127. The summed E-state index contributed by atoms with van der Waals surface area (Å²) in [6, 6.07) is 4.79. The van der Waals surface area contributed by atoms with E-state index in [-0.39, 0.29) is 19.1 Å². The molecule has 0 fully saturated rings. The highest BCUT2D eigenvalue weighted by atomic mass is 35.5. The Hall–Kier alpha value is -1.01. The third kappa shape index (κ3) is 5.96. The molecule has 112 valence electrons. The first-order chi connectivity index (χ1) is 9.54. The van der Waals surface area contributed by atoms with Crippen LogP contribution < -0.4 is 10.1 Å². The topological polar surface area (TPSA) is 67.8 Å². The number of ether oxygens (including phenoxy) is 2. The molecule has 0 bridgehead atoms. The summed E-state index contributed by atoms with van der Waals surface area (Å²) in [5.41, 5.74) is 0. The van der Waals surface area contributed by atoms with Gasteiger partial charge >= 0.3 is 0 Å². The van der Waals surface area contributed by atoms with Crippen LogP contribution in [0.3, 0.4) is 0 Å². The van der Waals surface area contributed by atoms with Crippen LogP contribution in [0.2, 0.25) is 10.0 Å². The first kappa shape index (κ1) is 17.0. The number of amides is 1. The second-order valence-electron chi connectivity index (χ2n) is 3.96. The molecule has 1 atom stereocenters. The zero-order valence-electron chi connectivity index (χ0n) is 11.1. The van der Waals surface area contributed by atoms with E-state index in [1.807, 2.05) is 0 Å². The average molecular weight is 322 g/mol. The standard InChI is InChI=1S/C13H17Cl2NO4/c1-9(13(18)16-4-6-19-7-5-17)20-12-3-2-10(14)8-11(12)15/h2-3,8-9,17H,4-7H2,1H3,(H,16,18). The third-order valence-corrected chi connectivity index (χ3v) is 2.88. The van der Waals surface area contributed by atoms with Gasteiger partial charge in [0.1, 0.15) is 5.75 Å². The smallest absolute Gasteiger partial charge is 0.260 e. The fourth-order valence-corrected chi connectivity index (χ4v) is 1.82. The molecule has 0 aliphatic heterocycles. The van der Waals surface area contributed by atoms with Gasteiger partial charge in [-0.2, -0.15) is 0 Å². The van der Waals surface area contributed by atoms with E-state index in [0.29, 0.717) is 28.9 Å². The number of aliphatic hydroxyl groups excluding tert-OH is 1. The number of hydrogen-bond acceptors (Lipinski definition) is 4. The molecule has 0 aromatic heterocycles. The summed E-state index contributed by atoms with van der Waals surface area (Å²) in [4.78, 5) is 11.7. The van der Waals surface area contributed by atoms with Gasteiger partial charge in [-0.15, -0.1) is 0 Å². The van der Waals surface area contributed by atoms with Crippen LogP contribution in [0.1, 0.15) is 6.92 Å².